The Kier molecular flexibility index (Phi) is 4.72. The van der Waals surface area contributed by atoms with E-state index in [9.17, 15) is 4.79 Å². The van der Waals surface area contributed by atoms with Crippen LogP contribution in [0.4, 0.5) is 0 Å². The van der Waals surface area contributed by atoms with E-state index < -0.39 is 0 Å². The summed E-state index contributed by atoms with van der Waals surface area (Å²) in [7, 11) is 0. The Hall–Kier alpha value is -2.47. The zero-order chi connectivity index (χ0) is 18.1. The summed E-state index contributed by atoms with van der Waals surface area (Å²) in [6.45, 7) is 8.65. The quantitative estimate of drug-likeness (QED) is 0.778. The van der Waals surface area contributed by atoms with Crippen molar-refractivity contribution in [2.45, 2.75) is 34.2 Å². The highest BCUT2D eigenvalue weighted by Crippen LogP contribution is 2.18. The number of hydrogen-bond acceptors (Lipinski definition) is 4. The molecule has 7 heteroatoms. The highest BCUT2D eigenvalue weighted by atomic mass is 35.5. The average Bonchev–Trinajstić information content (AvgIpc) is 2.82. The minimum atomic E-state index is -0.144. The molecule has 0 aliphatic heterocycles. The van der Waals surface area contributed by atoms with Gasteiger partial charge < -0.3 is 5.32 Å². The van der Waals surface area contributed by atoms with Gasteiger partial charge in [-0.2, -0.15) is 5.10 Å². The Bertz CT molecular complexity index is 964. The number of benzene rings is 1. The van der Waals surface area contributed by atoms with Crippen LogP contribution in [0.3, 0.4) is 0 Å². The second-order valence-electron chi connectivity index (χ2n) is 6.06. The summed E-state index contributed by atoms with van der Waals surface area (Å²) in [4.78, 5) is 21.4. The zero-order valence-corrected chi connectivity index (χ0v) is 15.5. The van der Waals surface area contributed by atoms with Crippen LogP contribution in [0.25, 0.3) is 11.0 Å². The lowest BCUT2D eigenvalue weighted by Gasteiger charge is -2.08. The van der Waals surface area contributed by atoms with Crippen molar-refractivity contribution < 1.29 is 4.79 Å². The first kappa shape index (κ1) is 17.4. The first-order valence-electron chi connectivity index (χ1n) is 8.09. The Morgan fingerprint density at radius 3 is 2.40 bits per heavy atom. The van der Waals surface area contributed by atoms with Gasteiger partial charge in [0.2, 0.25) is 0 Å². The van der Waals surface area contributed by atoms with Gasteiger partial charge in [0.05, 0.1) is 45.4 Å². The zero-order valence-electron chi connectivity index (χ0n) is 14.7. The molecule has 0 fully saturated rings. The first-order chi connectivity index (χ1) is 11.9. The molecule has 25 heavy (non-hydrogen) atoms. The molecule has 0 aliphatic rings. The van der Waals surface area contributed by atoms with Crippen LogP contribution >= 0.6 is 11.6 Å². The topological polar surface area (TPSA) is 72.7 Å². The van der Waals surface area contributed by atoms with Crippen LogP contribution in [0.5, 0.6) is 0 Å². The van der Waals surface area contributed by atoms with E-state index in [1.54, 1.807) is 16.8 Å². The molecule has 0 radical (unpaired) electrons. The molecule has 0 atom stereocenters. The van der Waals surface area contributed by atoms with Crippen LogP contribution in [0.1, 0.15) is 33.1 Å². The summed E-state index contributed by atoms with van der Waals surface area (Å²) in [5.41, 5.74) is 5.54. The molecular formula is C18H20ClN5O. The van der Waals surface area contributed by atoms with Crippen LogP contribution < -0.4 is 5.32 Å². The van der Waals surface area contributed by atoms with Crippen molar-refractivity contribution in [3.8, 4) is 0 Å². The summed E-state index contributed by atoms with van der Waals surface area (Å²) in [5, 5.41) is 7.93. The van der Waals surface area contributed by atoms with Crippen LogP contribution in [0.15, 0.2) is 18.2 Å². The van der Waals surface area contributed by atoms with Crippen LogP contribution in [-0.4, -0.2) is 32.2 Å². The van der Waals surface area contributed by atoms with E-state index in [-0.39, 0.29) is 5.91 Å². The van der Waals surface area contributed by atoms with Gasteiger partial charge in [0, 0.05) is 12.1 Å². The smallest absolute Gasteiger partial charge is 0.251 e. The SMILES string of the molecule is Cc1nc2ccc(C(=O)NCCn3nc(C)c(Cl)c3C)cc2nc1C. The maximum Gasteiger partial charge on any atom is 0.251 e. The standard InChI is InChI=1S/C18H20ClN5O/c1-10-11(2)22-16-9-14(5-6-15(16)21-10)18(25)20-7-8-24-13(4)17(19)12(3)23-24/h5-6,9H,7-8H2,1-4H3,(H,20,25). The summed E-state index contributed by atoms with van der Waals surface area (Å²) >= 11 is 6.13. The predicted octanol–water partition coefficient (Wildman–Crippen LogP) is 3.14. The third kappa shape index (κ3) is 3.49. The Morgan fingerprint density at radius 1 is 1.08 bits per heavy atom. The van der Waals surface area contributed by atoms with E-state index in [0.717, 1.165) is 33.8 Å². The molecule has 0 bridgehead atoms. The summed E-state index contributed by atoms with van der Waals surface area (Å²) in [6, 6.07) is 5.36. The van der Waals surface area contributed by atoms with E-state index in [2.05, 4.69) is 20.4 Å². The van der Waals surface area contributed by atoms with Crippen molar-refractivity contribution >= 4 is 28.5 Å². The number of halogens is 1. The number of aryl methyl sites for hydroxylation is 3. The molecule has 1 amide bonds. The number of aromatic nitrogens is 4. The van der Waals surface area contributed by atoms with Gasteiger partial charge in [-0.15, -0.1) is 0 Å². The van der Waals surface area contributed by atoms with Crippen LogP contribution in [0, 0.1) is 27.7 Å². The van der Waals surface area contributed by atoms with Gasteiger partial charge in [-0.05, 0) is 45.9 Å². The first-order valence-corrected chi connectivity index (χ1v) is 8.47. The summed E-state index contributed by atoms with van der Waals surface area (Å²) < 4.78 is 1.80. The molecule has 1 N–H and O–H groups in total. The second-order valence-corrected chi connectivity index (χ2v) is 6.44. The van der Waals surface area contributed by atoms with E-state index in [0.29, 0.717) is 23.7 Å². The Morgan fingerprint density at radius 2 is 1.76 bits per heavy atom. The van der Waals surface area contributed by atoms with Crippen molar-refractivity contribution in [1.82, 2.24) is 25.1 Å². The third-order valence-electron chi connectivity index (χ3n) is 4.24. The molecule has 0 saturated heterocycles. The minimum Gasteiger partial charge on any atom is -0.350 e. The number of carbonyl (C=O) groups is 1. The molecular weight excluding hydrogens is 338 g/mol. The molecule has 0 spiro atoms. The number of rotatable bonds is 4. The molecule has 0 saturated carbocycles. The van der Waals surface area contributed by atoms with E-state index in [1.807, 2.05) is 33.8 Å². The number of nitrogens with zero attached hydrogens (tertiary/aromatic N) is 4. The maximum absolute atomic E-state index is 12.4. The van der Waals surface area contributed by atoms with Crippen molar-refractivity contribution in [1.29, 1.82) is 0 Å². The van der Waals surface area contributed by atoms with Gasteiger partial charge >= 0.3 is 0 Å². The highest BCUT2D eigenvalue weighted by molar-refractivity contribution is 6.31. The number of hydrogen-bond donors (Lipinski definition) is 1. The second kappa shape index (κ2) is 6.80. The van der Waals surface area contributed by atoms with Gasteiger partial charge in [0.25, 0.3) is 5.91 Å². The lowest BCUT2D eigenvalue weighted by molar-refractivity contribution is 0.0952. The molecule has 2 heterocycles. The molecule has 6 nitrogen and oxygen atoms in total. The summed E-state index contributed by atoms with van der Waals surface area (Å²) in [5.74, 6) is -0.144. The molecule has 0 unspecified atom stereocenters. The number of fused-ring (bicyclic) bond motifs is 1. The summed E-state index contributed by atoms with van der Waals surface area (Å²) in [6.07, 6.45) is 0. The average molecular weight is 358 g/mol. The molecule has 0 aliphatic carbocycles. The van der Waals surface area contributed by atoms with Gasteiger partial charge in [0.1, 0.15) is 0 Å². The van der Waals surface area contributed by atoms with E-state index in [4.69, 9.17) is 11.6 Å². The monoisotopic (exact) mass is 357 g/mol. The van der Waals surface area contributed by atoms with Crippen molar-refractivity contribution in [2.75, 3.05) is 6.54 Å². The van der Waals surface area contributed by atoms with Gasteiger partial charge in [-0.25, -0.2) is 9.97 Å². The van der Waals surface area contributed by atoms with Gasteiger partial charge in [-0.3, -0.25) is 9.48 Å². The number of carbonyl (C=O) groups excluding carboxylic acids is 1. The minimum absolute atomic E-state index is 0.144. The number of amides is 1. The third-order valence-corrected chi connectivity index (χ3v) is 4.79. The Labute approximate surface area is 151 Å². The molecule has 130 valence electrons. The van der Waals surface area contributed by atoms with Gasteiger partial charge in [-0.1, -0.05) is 11.6 Å². The molecule has 1 aromatic carbocycles. The van der Waals surface area contributed by atoms with Crippen molar-refractivity contribution in [3.05, 3.63) is 51.6 Å². The largest absolute Gasteiger partial charge is 0.350 e. The van der Waals surface area contributed by atoms with Crippen LogP contribution in [-0.2, 0) is 6.54 Å². The lowest BCUT2D eigenvalue weighted by Crippen LogP contribution is -2.27. The van der Waals surface area contributed by atoms with E-state index in [1.165, 1.54) is 0 Å². The highest BCUT2D eigenvalue weighted by Gasteiger charge is 2.11. The lowest BCUT2D eigenvalue weighted by atomic mass is 10.1. The molecule has 2 aromatic heterocycles. The van der Waals surface area contributed by atoms with Gasteiger partial charge in [0.15, 0.2) is 0 Å². The van der Waals surface area contributed by atoms with Crippen molar-refractivity contribution in [2.24, 2.45) is 0 Å². The van der Waals surface area contributed by atoms with Crippen molar-refractivity contribution in [3.63, 3.8) is 0 Å². The van der Waals surface area contributed by atoms with Crippen LogP contribution in [0.2, 0.25) is 5.02 Å². The normalized spacial score (nSPS) is 11.1. The fourth-order valence-corrected chi connectivity index (χ4v) is 2.78. The van der Waals surface area contributed by atoms with E-state index >= 15 is 0 Å². The molecule has 3 rings (SSSR count). The molecule has 3 aromatic rings. The fourth-order valence-electron chi connectivity index (χ4n) is 2.64. The maximum atomic E-state index is 12.4. The number of nitrogens with one attached hydrogen (secondary N) is 1. The predicted molar refractivity (Wildman–Crippen MR) is 98.1 cm³/mol. The fraction of sp³-hybridized carbons (Fsp3) is 0.333. The Balaban J connectivity index is 1.69.